The van der Waals surface area contributed by atoms with Crippen LogP contribution in [-0.4, -0.2) is 15.8 Å². The number of anilines is 2. The second-order valence-corrected chi connectivity index (χ2v) is 19.6. The van der Waals surface area contributed by atoms with Gasteiger partial charge in [-0.3, -0.25) is 0 Å². The molecule has 6 N–H and O–H groups in total. The lowest BCUT2D eigenvalue weighted by molar-refractivity contribution is -0.308. The quantitative estimate of drug-likeness (QED) is 0.183. The van der Waals surface area contributed by atoms with E-state index < -0.39 is 5.60 Å². The molecule has 0 saturated heterocycles. The Morgan fingerprint density at radius 2 is 1.29 bits per heavy atom. The van der Waals surface area contributed by atoms with E-state index in [1.54, 1.807) is 24.3 Å². The summed E-state index contributed by atoms with van der Waals surface area (Å²) in [6, 6.07) is 10.5. The van der Waals surface area contributed by atoms with E-state index in [1.807, 2.05) is 12.1 Å². The van der Waals surface area contributed by atoms with E-state index in [0.29, 0.717) is 52.0 Å². The number of nitrogen functional groups attached to an aromatic ring is 2. The van der Waals surface area contributed by atoms with Crippen molar-refractivity contribution in [2.75, 3.05) is 11.5 Å². The van der Waals surface area contributed by atoms with E-state index in [9.17, 15) is 10.2 Å². The normalized spacial score (nSPS) is 46.5. The van der Waals surface area contributed by atoms with Crippen LogP contribution in [0.4, 0.5) is 11.4 Å². The van der Waals surface area contributed by atoms with Crippen molar-refractivity contribution in [2.24, 2.45) is 50.2 Å². The molecule has 0 amide bonds. The lowest BCUT2D eigenvalue weighted by Gasteiger charge is -2.79. The number of hydrogen-bond acceptors (Lipinski definition) is 6. The van der Waals surface area contributed by atoms with E-state index in [1.165, 1.54) is 57.8 Å². The first kappa shape index (κ1) is 30.8. The zero-order chi connectivity index (χ0) is 33.5. The number of phenolic OH excluding ortho intramolecular Hbond substituents is 2. The Bertz CT molecular complexity index is 1750. The van der Waals surface area contributed by atoms with Crippen molar-refractivity contribution < 1.29 is 19.7 Å². The van der Waals surface area contributed by atoms with Crippen LogP contribution in [0.1, 0.15) is 105 Å². The molecular formula is C42H54N2O4. The van der Waals surface area contributed by atoms with Gasteiger partial charge in [-0.2, -0.15) is 0 Å². The summed E-state index contributed by atoms with van der Waals surface area (Å²) in [6.45, 7) is 10.5. The predicted octanol–water partition coefficient (Wildman–Crippen LogP) is 9.52. The van der Waals surface area contributed by atoms with Gasteiger partial charge in [-0.05, 0) is 152 Å². The van der Waals surface area contributed by atoms with Crippen LogP contribution in [0.2, 0.25) is 0 Å². The Hall–Kier alpha value is -3.28. The maximum absolute atomic E-state index is 10.8. The summed E-state index contributed by atoms with van der Waals surface area (Å²) in [5.74, 6) is 4.08. The van der Waals surface area contributed by atoms with Crippen molar-refractivity contribution in [2.45, 2.75) is 110 Å². The minimum absolute atomic E-state index is 0.0186. The van der Waals surface area contributed by atoms with Gasteiger partial charge in [0.1, 0.15) is 34.4 Å². The average molecular weight is 651 g/mol. The van der Waals surface area contributed by atoms with Crippen molar-refractivity contribution in [1.29, 1.82) is 0 Å². The molecule has 8 saturated carbocycles. The van der Waals surface area contributed by atoms with Gasteiger partial charge in [0.25, 0.3) is 0 Å². The standard InChI is InChI=1S/C42H54N2O4/c1-36-14-26-15-37(2,21-36)24-40(18-26,23-36)35-39(4)17-27-16-38(3,22-39)25-41(35,19-27)42(48-29-8-10-32(44)34(46)13-29)11-5-6-30(20-42)47-28-7-9-31(43)33(45)12-28/h5-13,26-27,35,45-46H,14-25,43-44H2,1-4H3. The molecule has 2 aromatic rings. The zero-order valence-corrected chi connectivity index (χ0v) is 29.3. The monoisotopic (exact) mass is 650 g/mol. The van der Waals surface area contributed by atoms with E-state index in [-0.39, 0.29) is 33.2 Å². The topological polar surface area (TPSA) is 111 Å². The summed E-state index contributed by atoms with van der Waals surface area (Å²) in [5.41, 5.74) is 13.5. The third-order valence-electron chi connectivity index (χ3n) is 14.8. The zero-order valence-electron chi connectivity index (χ0n) is 29.3. The minimum Gasteiger partial charge on any atom is -0.506 e. The molecule has 0 aliphatic heterocycles. The van der Waals surface area contributed by atoms with Gasteiger partial charge in [-0.1, -0.05) is 33.8 Å². The highest BCUT2D eigenvalue weighted by Crippen LogP contribution is 2.83. The molecule has 8 atom stereocenters. The van der Waals surface area contributed by atoms with Gasteiger partial charge >= 0.3 is 0 Å². The average Bonchev–Trinajstić information content (AvgIpc) is 2.93. The molecular weight excluding hydrogens is 596 g/mol. The second kappa shape index (κ2) is 9.48. The molecule has 2 aromatic carbocycles. The molecule has 8 bridgehead atoms. The van der Waals surface area contributed by atoms with E-state index >= 15 is 0 Å². The summed E-state index contributed by atoms with van der Waals surface area (Å²) in [7, 11) is 0. The Morgan fingerprint density at radius 1 is 0.688 bits per heavy atom. The predicted molar refractivity (Wildman–Crippen MR) is 189 cm³/mol. The first-order chi connectivity index (χ1) is 22.6. The highest BCUT2D eigenvalue weighted by molar-refractivity contribution is 5.56. The van der Waals surface area contributed by atoms with Gasteiger partial charge in [0, 0.05) is 24.0 Å². The maximum Gasteiger partial charge on any atom is 0.142 e. The molecule has 0 radical (unpaired) electrons. The highest BCUT2D eigenvalue weighted by atomic mass is 16.5. The summed E-state index contributed by atoms with van der Waals surface area (Å²) in [6.07, 6.45) is 21.5. The molecule has 9 aliphatic rings. The number of nitrogens with two attached hydrogens (primary N) is 2. The molecule has 256 valence electrons. The lowest BCUT2D eigenvalue weighted by atomic mass is 9.26. The van der Waals surface area contributed by atoms with Crippen LogP contribution in [0.5, 0.6) is 23.0 Å². The van der Waals surface area contributed by atoms with Crippen molar-refractivity contribution in [1.82, 2.24) is 0 Å². The molecule has 6 heteroatoms. The van der Waals surface area contributed by atoms with E-state index in [4.69, 9.17) is 20.9 Å². The Balaban J connectivity index is 1.22. The fraction of sp³-hybridized carbons (Fsp3) is 0.619. The van der Waals surface area contributed by atoms with Gasteiger partial charge in [0.2, 0.25) is 0 Å². The van der Waals surface area contributed by atoms with Crippen molar-refractivity contribution in [3.63, 3.8) is 0 Å². The minimum atomic E-state index is -0.701. The van der Waals surface area contributed by atoms with Gasteiger partial charge in [-0.25, -0.2) is 0 Å². The SMILES string of the molecule is CC12CC3CC(C)(C1)CC(C1C4(C)CC5CC(C)(C4)CC1(C1(Oc4ccc(N)c(O)c4)C=CC=C(Oc4ccc(N)c(O)c4)C1)C5)(C3)C2. The third-order valence-corrected chi connectivity index (χ3v) is 14.8. The summed E-state index contributed by atoms with van der Waals surface area (Å²) >= 11 is 0. The Labute approximate surface area is 286 Å². The summed E-state index contributed by atoms with van der Waals surface area (Å²) < 4.78 is 14.1. The first-order valence-electron chi connectivity index (χ1n) is 18.5. The van der Waals surface area contributed by atoms with Gasteiger partial charge < -0.3 is 31.2 Å². The fourth-order valence-corrected chi connectivity index (χ4v) is 15.8. The molecule has 48 heavy (non-hydrogen) atoms. The molecule has 8 fully saturated rings. The van der Waals surface area contributed by atoms with Gasteiger partial charge in [0.05, 0.1) is 11.4 Å². The number of benzene rings is 2. The van der Waals surface area contributed by atoms with Crippen molar-refractivity contribution in [3.8, 4) is 23.0 Å². The molecule has 9 aliphatic carbocycles. The summed E-state index contributed by atoms with van der Waals surface area (Å²) in [4.78, 5) is 0. The Kier molecular flexibility index (Phi) is 6.08. The number of phenols is 2. The largest absolute Gasteiger partial charge is 0.506 e. The lowest BCUT2D eigenvalue weighted by Crippen LogP contribution is -2.74. The van der Waals surface area contributed by atoms with Crippen molar-refractivity contribution in [3.05, 3.63) is 60.4 Å². The smallest absolute Gasteiger partial charge is 0.142 e. The highest BCUT2D eigenvalue weighted by Gasteiger charge is 2.77. The van der Waals surface area contributed by atoms with Crippen LogP contribution in [0.3, 0.4) is 0 Å². The number of aromatic hydroxyl groups is 2. The molecule has 6 nitrogen and oxygen atoms in total. The second-order valence-electron chi connectivity index (χ2n) is 19.6. The van der Waals surface area contributed by atoms with Crippen LogP contribution in [0.15, 0.2) is 60.4 Å². The van der Waals surface area contributed by atoms with Gasteiger partial charge in [0.15, 0.2) is 0 Å². The number of hydrogen-bond donors (Lipinski definition) is 4. The van der Waals surface area contributed by atoms with Gasteiger partial charge in [-0.15, -0.1) is 0 Å². The summed E-state index contributed by atoms with van der Waals surface area (Å²) in [5, 5.41) is 21.2. The number of ether oxygens (including phenoxy) is 2. The molecule has 0 heterocycles. The first-order valence-corrected chi connectivity index (χ1v) is 18.5. The van der Waals surface area contributed by atoms with Crippen molar-refractivity contribution >= 4 is 11.4 Å². The van der Waals surface area contributed by atoms with E-state index in [2.05, 4.69) is 45.9 Å². The van der Waals surface area contributed by atoms with Crippen LogP contribution in [0.25, 0.3) is 0 Å². The Morgan fingerprint density at radius 3 is 1.92 bits per heavy atom. The maximum atomic E-state index is 10.8. The van der Waals surface area contributed by atoms with Crippen LogP contribution in [-0.2, 0) is 0 Å². The van der Waals surface area contributed by atoms with Crippen LogP contribution >= 0.6 is 0 Å². The number of allylic oxidation sites excluding steroid dienone is 2. The van der Waals surface area contributed by atoms with Crippen LogP contribution in [0, 0.1) is 50.2 Å². The molecule has 0 aromatic heterocycles. The fourth-order valence-electron chi connectivity index (χ4n) is 15.8. The number of rotatable bonds is 6. The molecule has 8 unspecified atom stereocenters. The molecule has 0 spiro atoms. The molecule has 11 rings (SSSR count). The third kappa shape index (κ3) is 4.35. The van der Waals surface area contributed by atoms with Crippen LogP contribution < -0.4 is 20.9 Å². The van der Waals surface area contributed by atoms with E-state index in [0.717, 1.165) is 24.5 Å².